The summed E-state index contributed by atoms with van der Waals surface area (Å²) in [7, 11) is -4.78. The lowest BCUT2D eigenvalue weighted by Crippen LogP contribution is -2.37. The number of nitriles is 2. The van der Waals surface area contributed by atoms with Crippen LogP contribution >= 0.6 is 7.82 Å². The molecular formula is C39H59N6O9P. The summed E-state index contributed by atoms with van der Waals surface area (Å²) in [4.78, 5) is 14.4. The average molecular weight is 787 g/mol. The highest BCUT2D eigenvalue weighted by molar-refractivity contribution is 7.47. The Balaban J connectivity index is 1.41. The Morgan fingerprint density at radius 1 is 0.836 bits per heavy atom. The van der Waals surface area contributed by atoms with Crippen molar-refractivity contribution < 1.29 is 42.9 Å². The fraction of sp³-hybridized carbons (Fsp3) is 0.641. The zero-order chi connectivity index (χ0) is 39.7. The number of anilines is 1. The van der Waals surface area contributed by atoms with Crippen molar-refractivity contribution >= 4 is 19.2 Å². The van der Waals surface area contributed by atoms with Gasteiger partial charge >= 0.3 is 7.82 Å². The first-order valence-corrected chi connectivity index (χ1v) is 21.0. The molecular weight excluding hydrogens is 727 g/mol. The molecule has 15 nitrogen and oxygen atoms in total. The molecule has 0 saturated heterocycles. The third-order valence-electron chi connectivity index (χ3n) is 9.31. The number of nitrogens with two attached hydrogens (primary N) is 1. The minimum absolute atomic E-state index is 0.0826. The Morgan fingerprint density at radius 3 is 2.04 bits per heavy atom. The lowest BCUT2D eigenvalue weighted by atomic mass is 10.0. The molecule has 1 aromatic carbocycles. The molecule has 0 spiro atoms. The van der Waals surface area contributed by atoms with Crippen molar-refractivity contribution in [1.82, 2.24) is 14.6 Å². The third-order valence-corrected chi connectivity index (χ3v) is 10.3. The normalized spacial score (nSPS) is 14.8. The molecule has 3 rings (SSSR count). The molecule has 0 aliphatic heterocycles. The molecule has 2 aromatic heterocycles. The SMILES string of the molecule is CCCCCCCCCCCCCCCCCOC[C@H](COP(=O)(O)OC[C@@H](OC#N)[C@@H](O)[C@@H](O)c1ccc2c(N)ncnn12)OCc1ccc(C#N)cc1. The molecule has 5 atom stereocenters. The largest absolute Gasteiger partial charge is 0.472 e. The number of aliphatic hydroxyl groups is 2. The maximum Gasteiger partial charge on any atom is 0.472 e. The van der Waals surface area contributed by atoms with Crippen LogP contribution in [0.3, 0.4) is 0 Å². The number of fused-ring (bicyclic) bond motifs is 1. The van der Waals surface area contributed by atoms with Crippen molar-refractivity contribution in [2.75, 3.05) is 32.2 Å². The van der Waals surface area contributed by atoms with Crippen LogP contribution in [0.15, 0.2) is 42.7 Å². The minimum Gasteiger partial charge on any atom is -0.419 e. The summed E-state index contributed by atoms with van der Waals surface area (Å²) in [5.41, 5.74) is 7.61. The molecule has 0 saturated carbocycles. The first kappa shape index (κ1) is 45.8. The van der Waals surface area contributed by atoms with E-state index in [2.05, 4.69) is 23.1 Å². The quantitative estimate of drug-likeness (QED) is 0.0291. The summed E-state index contributed by atoms with van der Waals surface area (Å²) in [6.07, 6.45) is 15.8. The van der Waals surface area contributed by atoms with Crippen molar-refractivity contribution in [2.24, 2.45) is 0 Å². The summed E-state index contributed by atoms with van der Waals surface area (Å²) in [6, 6.07) is 11.9. The molecule has 0 radical (unpaired) electrons. The molecule has 2 heterocycles. The second kappa shape index (κ2) is 26.3. The van der Waals surface area contributed by atoms with Gasteiger partial charge in [-0.15, -0.1) is 0 Å². The van der Waals surface area contributed by atoms with Crippen molar-refractivity contribution in [1.29, 1.82) is 10.5 Å². The fourth-order valence-corrected chi connectivity index (χ4v) is 6.82. The number of hydrogen-bond acceptors (Lipinski definition) is 13. The van der Waals surface area contributed by atoms with Crippen LogP contribution in [0.25, 0.3) is 5.52 Å². The minimum atomic E-state index is -4.78. The molecule has 5 N–H and O–H groups in total. The molecule has 0 aliphatic rings. The summed E-state index contributed by atoms with van der Waals surface area (Å²) in [5.74, 6) is 0.143. The van der Waals surface area contributed by atoms with Crippen LogP contribution in [0.5, 0.6) is 0 Å². The number of phosphoric acid groups is 1. The summed E-state index contributed by atoms with van der Waals surface area (Å²) >= 11 is 0. The number of aromatic nitrogens is 3. The van der Waals surface area contributed by atoms with E-state index in [4.69, 9.17) is 39.5 Å². The van der Waals surface area contributed by atoms with E-state index >= 15 is 0 Å². The van der Waals surface area contributed by atoms with E-state index in [-0.39, 0.29) is 31.3 Å². The smallest absolute Gasteiger partial charge is 0.419 e. The highest BCUT2D eigenvalue weighted by Crippen LogP contribution is 2.44. The lowest BCUT2D eigenvalue weighted by molar-refractivity contribution is -0.0821. The van der Waals surface area contributed by atoms with Gasteiger partial charge in [0.25, 0.3) is 6.26 Å². The van der Waals surface area contributed by atoms with E-state index in [0.717, 1.165) is 24.8 Å². The van der Waals surface area contributed by atoms with E-state index in [1.54, 1.807) is 24.3 Å². The third kappa shape index (κ3) is 17.4. The van der Waals surface area contributed by atoms with Gasteiger partial charge in [-0.3, -0.25) is 9.05 Å². The van der Waals surface area contributed by atoms with Crippen LogP contribution in [0.2, 0.25) is 0 Å². The number of unbranched alkanes of at least 4 members (excludes halogenated alkanes) is 14. The summed E-state index contributed by atoms with van der Waals surface area (Å²) in [6.45, 7) is 1.79. The van der Waals surface area contributed by atoms with Crippen LogP contribution in [-0.2, 0) is 34.4 Å². The van der Waals surface area contributed by atoms with E-state index in [1.807, 2.05) is 0 Å². The van der Waals surface area contributed by atoms with Gasteiger partial charge in [0.1, 0.15) is 30.2 Å². The Hall–Kier alpha value is -3.63. The van der Waals surface area contributed by atoms with Gasteiger partial charge in [-0.1, -0.05) is 109 Å². The van der Waals surface area contributed by atoms with Crippen molar-refractivity contribution in [2.45, 2.75) is 134 Å². The maximum absolute atomic E-state index is 12.9. The summed E-state index contributed by atoms with van der Waals surface area (Å²) < 4.78 is 41.2. The van der Waals surface area contributed by atoms with Crippen molar-refractivity contribution in [3.63, 3.8) is 0 Å². The van der Waals surface area contributed by atoms with Gasteiger partial charge in [0, 0.05) is 6.61 Å². The molecule has 0 aliphatic carbocycles. The van der Waals surface area contributed by atoms with Crippen molar-refractivity contribution in [3.05, 3.63) is 59.5 Å². The number of phosphoric ester groups is 1. The molecule has 1 unspecified atom stereocenters. The van der Waals surface area contributed by atoms with Gasteiger partial charge in [0.2, 0.25) is 0 Å². The molecule has 0 amide bonds. The van der Waals surface area contributed by atoms with Crippen LogP contribution < -0.4 is 5.73 Å². The summed E-state index contributed by atoms with van der Waals surface area (Å²) in [5, 5.41) is 44.0. The van der Waals surface area contributed by atoms with Gasteiger partial charge in [-0.2, -0.15) is 15.6 Å². The highest BCUT2D eigenvalue weighted by Gasteiger charge is 2.35. The second-order valence-electron chi connectivity index (χ2n) is 13.7. The van der Waals surface area contributed by atoms with E-state index < -0.39 is 38.8 Å². The Labute approximate surface area is 324 Å². The lowest BCUT2D eigenvalue weighted by Gasteiger charge is -2.25. The Bertz CT molecular complexity index is 1630. The number of rotatable bonds is 31. The Kier molecular flexibility index (Phi) is 21.9. The van der Waals surface area contributed by atoms with Gasteiger partial charge in [0.05, 0.1) is 43.8 Å². The monoisotopic (exact) mass is 786 g/mol. The topological polar surface area (TPSA) is 228 Å². The number of hydrogen-bond donors (Lipinski definition) is 4. The standard InChI is InChI=1S/C39H59N6O9P/c1-2-3-4-5-6-7-8-9-10-11-12-13-14-15-16-23-50-26-33(51-25-32-19-17-31(24-40)18-20-32)27-53-55(48,49)54-28-36(52-29-41)38(47)37(46)34-21-22-35-39(42)43-30-44-45(34)35/h17-22,30,33,36-38,46-47H,2-16,23,25-28H2,1H3,(H,48,49)(H2,42,43,44)/t33-,36-,37+,38-/m1/s1. The highest BCUT2D eigenvalue weighted by atomic mass is 31.2. The molecule has 0 fully saturated rings. The first-order valence-electron chi connectivity index (χ1n) is 19.5. The average Bonchev–Trinajstić information content (AvgIpc) is 3.63. The fourth-order valence-electron chi connectivity index (χ4n) is 6.05. The molecule has 55 heavy (non-hydrogen) atoms. The predicted octanol–water partition coefficient (Wildman–Crippen LogP) is 7.05. The first-order chi connectivity index (χ1) is 26.7. The number of benzene rings is 1. The number of nitrogens with zero attached hydrogens (tertiary/aromatic N) is 5. The van der Waals surface area contributed by atoms with Crippen LogP contribution in [0.1, 0.15) is 126 Å². The van der Waals surface area contributed by atoms with Gasteiger partial charge in [-0.05, 0) is 36.2 Å². The number of aliphatic hydroxyl groups excluding tert-OH is 2. The van der Waals surface area contributed by atoms with Crippen LogP contribution in [0, 0.1) is 22.8 Å². The van der Waals surface area contributed by atoms with E-state index in [1.165, 1.54) is 106 Å². The molecule has 3 aromatic rings. The zero-order valence-electron chi connectivity index (χ0n) is 32.0. The van der Waals surface area contributed by atoms with Crippen LogP contribution in [0.4, 0.5) is 5.82 Å². The van der Waals surface area contributed by atoms with Gasteiger partial charge in [0.15, 0.2) is 11.9 Å². The van der Waals surface area contributed by atoms with E-state index in [0.29, 0.717) is 17.7 Å². The number of ether oxygens (including phenoxy) is 3. The van der Waals surface area contributed by atoms with Crippen LogP contribution in [-0.4, -0.2) is 74.4 Å². The van der Waals surface area contributed by atoms with Crippen molar-refractivity contribution in [3.8, 4) is 12.3 Å². The molecule has 16 heteroatoms. The second-order valence-corrected chi connectivity index (χ2v) is 15.2. The Morgan fingerprint density at radius 2 is 1.44 bits per heavy atom. The molecule has 0 bridgehead atoms. The van der Waals surface area contributed by atoms with E-state index in [9.17, 15) is 19.7 Å². The maximum atomic E-state index is 12.9. The van der Waals surface area contributed by atoms with Gasteiger partial charge < -0.3 is 35.1 Å². The number of nitrogen functional groups attached to an aromatic ring is 1. The molecule has 304 valence electrons. The van der Waals surface area contributed by atoms with Gasteiger partial charge in [-0.25, -0.2) is 14.1 Å². The predicted molar refractivity (Wildman–Crippen MR) is 206 cm³/mol. The zero-order valence-corrected chi connectivity index (χ0v) is 32.9.